The lowest BCUT2D eigenvalue weighted by Crippen LogP contribution is -2.34. The van der Waals surface area contributed by atoms with Gasteiger partial charge in [-0.25, -0.2) is 0 Å². The van der Waals surface area contributed by atoms with Crippen molar-refractivity contribution in [2.24, 2.45) is 5.92 Å². The number of hydrogen-bond donors (Lipinski definition) is 0. The molecular formula is C8H17NO. The van der Waals surface area contributed by atoms with E-state index in [9.17, 15) is 4.79 Å². The van der Waals surface area contributed by atoms with Crippen LogP contribution in [0.2, 0.25) is 0 Å². The van der Waals surface area contributed by atoms with Crippen LogP contribution < -0.4 is 0 Å². The van der Waals surface area contributed by atoms with Crippen LogP contribution in [0.5, 0.6) is 0 Å². The molecule has 0 aliphatic rings. The molecule has 2 nitrogen and oxygen atoms in total. The summed E-state index contributed by atoms with van der Waals surface area (Å²) in [7, 11) is 3.98. The standard InChI is InChI=1S/C8H17NO/c1-6(8(3)10)7(2)9(4)5/h6-7H,1-5H3/t6-,7+/m0/s1. The zero-order valence-electron chi connectivity index (χ0n) is 7.51. The molecule has 0 aliphatic carbocycles. The molecule has 0 aromatic rings. The molecule has 0 unspecified atom stereocenters. The van der Waals surface area contributed by atoms with Crippen molar-refractivity contribution in [2.45, 2.75) is 26.8 Å². The summed E-state index contributed by atoms with van der Waals surface area (Å²) in [5.74, 6) is 0.413. The highest BCUT2D eigenvalue weighted by molar-refractivity contribution is 5.78. The summed E-state index contributed by atoms with van der Waals surface area (Å²) < 4.78 is 0. The molecule has 0 amide bonds. The first kappa shape index (κ1) is 9.63. The molecule has 0 heterocycles. The Balaban J connectivity index is 3.94. The Morgan fingerprint density at radius 1 is 1.30 bits per heavy atom. The summed E-state index contributed by atoms with van der Waals surface area (Å²) in [6, 6.07) is 0.345. The smallest absolute Gasteiger partial charge is 0.134 e. The van der Waals surface area contributed by atoms with E-state index in [0.717, 1.165) is 0 Å². The normalized spacial score (nSPS) is 17.0. The van der Waals surface area contributed by atoms with Crippen molar-refractivity contribution in [1.82, 2.24) is 4.90 Å². The van der Waals surface area contributed by atoms with Crippen LogP contribution in [0.15, 0.2) is 0 Å². The van der Waals surface area contributed by atoms with Gasteiger partial charge >= 0.3 is 0 Å². The Morgan fingerprint density at radius 2 is 1.70 bits per heavy atom. The van der Waals surface area contributed by atoms with Gasteiger partial charge in [-0.15, -0.1) is 0 Å². The third-order valence-corrected chi connectivity index (χ3v) is 2.18. The van der Waals surface area contributed by atoms with Crippen molar-refractivity contribution < 1.29 is 4.79 Å². The minimum atomic E-state index is 0.148. The monoisotopic (exact) mass is 143 g/mol. The van der Waals surface area contributed by atoms with E-state index in [0.29, 0.717) is 6.04 Å². The number of carbonyl (C=O) groups is 1. The highest BCUT2D eigenvalue weighted by atomic mass is 16.1. The van der Waals surface area contributed by atoms with Crippen molar-refractivity contribution >= 4 is 5.78 Å². The molecule has 0 spiro atoms. The maximum absolute atomic E-state index is 10.9. The third kappa shape index (κ3) is 2.48. The van der Waals surface area contributed by atoms with E-state index in [1.165, 1.54) is 0 Å². The van der Waals surface area contributed by atoms with Crippen LogP contribution in [0.25, 0.3) is 0 Å². The first-order valence-electron chi connectivity index (χ1n) is 3.63. The molecule has 60 valence electrons. The van der Waals surface area contributed by atoms with Crippen LogP contribution in [0.1, 0.15) is 20.8 Å². The third-order valence-electron chi connectivity index (χ3n) is 2.18. The Hall–Kier alpha value is -0.370. The number of Topliss-reactive ketones (excluding diaryl/α,β-unsaturated/α-hetero) is 1. The van der Waals surface area contributed by atoms with Gasteiger partial charge in [0, 0.05) is 12.0 Å². The lowest BCUT2D eigenvalue weighted by atomic mass is 9.99. The van der Waals surface area contributed by atoms with E-state index < -0.39 is 0 Å². The summed E-state index contributed by atoms with van der Waals surface area (Å²) in [6.45, 7) is 5.67. The van der Waals surface area contributed by atoms with Crippen LogP contribution in [-0.2, 0) is 4.79 Å². The van der Waals surface area contributed by atoms with Crippen LogP contribution in [0.3, 0.4) is 0 Å². The maximum Gasteiger partial charge on any atom is 0.134 e. The summed E-state index contributed by atoms with van der Waals surface area (Å²) in [5.41, 5.74) is 0. The van der Waals surface area contributed by atoms with Gasteiger partial charge in [-0.1, -0.05) is 6.92 Å². The number of nitrogens with zero attached hydrogens (tertiary/aromatic N) is 1. The zero-order chi connectivity index (χ0) is 8.31. The van der Waals surface area contributed by atoms with Crippen LogP contribution in [0.4, 0.5) is 0 Å². The van der Waals surface area contributed by atoms with Gasteiger partial charge in [0.15, 0.2) is 0 Å². The maximum atomic E-state index is 10.9. The summed E-state index contributed by atoms with van der Waals surface area (Å²) >= 11 is 0. The fourth-order valence-electron chi connectivity index (χ4n) is 0.787. The van der Waals surface area contributed by atoms with Gasteiger partial charge in [0.1, 0.15) is 5.78 Å². The largest absolute Gasteiger partial charge is 0.306 e. The van der Waals surface area contributed by atoms with Crippen LogP contribution in [0, 0.1) is 5.92 Å². The van der Waals surface area contributed by atoms with Crippen molar-refractivity contribution in [3.05, 3.63) is 0 Å². The molecule has 10 heavy (non-hydrogen) atoms. The van der Waals surface area contributed by atoms with E-state index in [4.69, 9.17) is 0 Å². The predicted octanol–water partition coefficient (Wildman–Crippen LogP) is 1.16. The molecule has 0 fully saturated rings. The van der Waals surface area contributed by atoms with Crippen LogP contribution >= 0.6 is 0 Å². The molecule has 0 aromatic carbocycles. The van der Waals surface area contributed by atoms with Gasteiger partial charge in [0.2, 0.25) is 0 Å². The van der Waals surface area contributed by atoms with Crippen molar-refractivity contribution in [2.75, 3.05) is 14.1 Å². The van der Waals surface area contributed by atoms with Crippen molar-refractivity contribution in [3.8, 4) is 0 Å². The first-order chi connectivity index (χ1) is 4.46. The zero-order valence-corrected chi connectivity index (χ0v) is 7.51. The van der Waals surface area contributed by atoms with E-state index in [2.05, 4.69) is 11.8 Å². The SMILES string of the molecule is CC(=O)[C@@H](C)[C@@H](C)N(C)C. The highest BCUT2D eigenvalue weighted by Gasteiger charge is 2.17. The quantitative estimate of drug-likeness (QED) is 0.591. The van der Waals surface area contributed by atoms with E-state index >= 15 is 0 Å². The topological polar surface area (TPSA) is 20.3 Å². The Morgan fingerprint density at radius 3 is 1.80 bits per heavy atom. The number of ketones is 1. The fraction of sp³-hybridized carbons (Fsp3) is 0.875. The highest BCUT2D eigenvalue weighted by Crippen LogP contribution is 2.07. The molecule has 0 bridgehead atoms. The molecule has 0 saturated carbocycles. The molecule has 0 rings (SSSR count). The van der Waals surface area contributed by atoms with Gasteiger partial charge < -0.3 is 4.90 Å². The molecule has 0 radical (unpaired) electrons. The fourth-order valence-corrected chi connectivity index (χ4v) is 0.787. The summed E-state index contributed by atoms with van der Waals surface area (Å²) in [5, 5.41) is 0. The molecule has 0 saturated heterocycles. The predicted molar refractivity (Wildman–Crippen MR) is 43.0 cm³/mol. The molecular weight excluding hydrogens is 126 g/mol. The first-order valence-corrected chi connectivity index (χ1v) is 3.63. The van der Waals surface area contributed by atoms with Gasteiger partial charge in [-0.3, -0.25) is 4.79 Å². The second-order valence-electron chi connectivity index (χ2n) is 3.10. The summed E-state index contributed by atoms with van der Waals surface area (Å²) in [4.78, 5) is 12.9. The Bertz CT molecular complexity index is 120. The average molecular weight is 143 g/mol. The Labute approximate surface area is 63.2 Å². The summed E-state index contributed by atoms with van der Waals surface area (Å²) in [6.07, 6.45) is 0. The second-order valence-corrected chi connectivity index (χ2v) is 3.10. The van der Waals surface area contributed by atoms with E-state index in [1.807, 2.05) is 21.0 Å². The minimum absolute atomic E-state index is 0.148. The molecule has 2 atom stereocenters. The average Bonchev–Trinajstić information content (AvgIpc) is 1.84. The molecule has 0 aromatic heterocycles. The number of hydrogen-bond acceptors (Lipinski definition) is 2. The lowest BCUT2D eigenvalue weighted by molar-refractivity contribution is -0.121. The Kier molecular flexibility index (Phi) is 3.58. The van der Waals surface area contributed by atoms with Gasteiger partial charge in [0.05, 0.1) is 0 Å². The number of rotatable bonds is 3. The lowest BCUT2D eigenvalue weighted by Gasteiger charge is -2.24. The van der Waals surface area contributed by atoms with E-state index in [-0.39, 0.29) is 11.7 Å². The van der Waals surface area contributed by atoms with Gasteiger partial charge in [0.25, 0.3) is 0 Å². The number of carbonyl (C=O) groups excluding carboxylic acids is 1. The van der Waals surface area contributed by atoms with E-state index in [1.54, 1.807) is 6.92 Å². The van der Waals surface area contributed by atoms with Gasteiger partial charge in [-0.2, -0.15) is 0 Å². The molecule has 2 heteroatoms. The molecule has 0 aliphatic heterocycles. The minimum Gasteiger partial charge on any atom is -0.306 e. The van der Waals surface area contributed by atoms with Crippen molar-refractivity contribution in [3.63, 3.8) is 0 Å². The van der Waals surface area contributed by atoms with Crippen molar-refractivity contribution in [1.29, 1.82) is 0 Å². The molecule has 0 N–H and O–H groups in total. The van der Waals surface area contributed by atoms with Gasteiger partial charge in [-0.05, 0) is 27.9 Å². The second kappa shape index (κ2) is 3.71. The van der Waals surface area contributed by atoms with Crippen LogP contribution in [-0.4, -0.2) is 30.8 Å².